The first-order valence-electron chi connectivity index (χ1n) is 11.0. The Hall–Kier alpha value is -4.08. The average Bonchev–Trinajstić information content (AvgIpc) is 3.32. The van der Waals surface area contributed by atoms with Gasteiger partial charge in [-0.25, -0.2) is 4.98 Å². The maximum absolute atomic E-state index is 12.9. The van der Waals surface area contributed by atoms with Crippen LogP contribution in [0.1, 0.15) is 16.8 Å². The summed E-state index contributed by atoms with van der Waals surface area (Å²) in [5, 5.41) is 12.1. The van der Waals surface area contributed by atoms with Crippen LogP contribution in [0.4, 0.5) is 5.69 Å². The van der Waals surface area contributed by atoms with Gasteiger partial charge in [-0.3, -0.25) is 9.59 Å². The van der Waals surface area contributed by atoms with Crippen LogP contribution >= 0.6 is 11.6 Å². The van der Waals surface area contributed by atoms with Gasteiger partial charge in [0.15, 0.2) is 5.78 Å². The lowest BCUT2D eigenvalue weighted by Gasteiger charge is -2.10. The number of rotatable bonds is 10. The summed E-state index contributed by atoms with van der Waals surface area (Å²) in [6, 6.07) is 15.3. The second-order valence-electron chi connectivity index (χ2n) is 7.81. The minimum atomic E-state index is -0.500. The highest BCUT2D eigenvalue weighted by atomic mass is 35.5. The SMILES string of the molecule is COc1cc(OC)cc(C(=O)Nc2ccc(Cl)c(-c3nc4ccc(OCCC(=O)CO)cc4[nH]3)c2)c1. The number of carbonyl (C=O) groups is 2. The van der Waals surface area contributed by atoms with Gasteiger partial charge in [0.05, 0.1) is 36.9 Å². The number of halogens is 1. The number of aliphatic hydroxyl groups excluding tert-OH is 1. The second-order valence-corrected chi connectivity index (χ2v) is 8.22. The van der Waals surface area contributed by atoms with Gasteiger partial charge in [0.1, 0.15) is 29.7 Å². The molecule has 0 aliphatic rings. The third-order valence-corrected chi connectivity index (χ3v) is 5.70. The fraction of sp³-hybridized carbons (Fsp3) is 0.192. The fourth-order valence-electron chi connectivity index (χ4n) is 3.49. The zero-order chi connectivity index (χ0) is 25.7. The fourth-order valence-corrected chi connectivity index (χ4v) is 3.70. The number of imidazole rings is 1. The highest BCUT2D eigenvalue weighted by Crippen LogP contribution is 2.32. The predicted octanol–water partition coefficient (Wildman–Crippen LogP) is 4.48. The van der Waals surface area contributed by atoms with Gasteiger partial charge in [-0.15, -0.1) is 0 Å². The van der Waals surface area contributed by atoms with E-state index in [9.17, 15) is 9.59 Å². The summed E-state index contributed by atoms with van der Waals surface area (Å²) in [6.07, 6.45) is 0.124. The molecule has 3 N–H and O–H groups in total. The molecule has 0 atom stereocenters. The molecule has 10 heteroatoms. The smallest absolute Gasteiger partial charge is 0.255 e. The van der Waals surface area contributed by atoms with Crippen molar-refractivity contribution in [2.24, 2.45) is 0 Å². The highest BCUT2D eigenvalue weighted by Gasteiger charge is 2.14. The van der Waals surface area contributed by atoms with Crippen molar-refractivity contribution in [1.82, 2.24) is 9.97 Å². The van der Waals surface area contributed by atoms with Crippen LogP contribution in [0, 0.1) is 0 Å². The van der Waals surface area contributed by atoms with E-state index in [1.165, 1.54) is 14.2 Å². The summed E-state index contributed by atoms with van der Waals surface area (Å²) < 4.78 is 16.1. The number of hydrogen-bond acceptors (Lipinski definition) is 7. The third kappa shape index (κ3) is 5.76. The predicted molar refractivity (Wildman–Crippen MR) is 136 cm³/mol. The summed E-state index contributed by atoms with van der Waals surface area (Å²) in [7, 11) is 3.03. The maximum Gasteiger partial charge on any atom is 0.255 e. The van der Waals surface area contributed by atoms with Gasteiger partial charge in [-0.1, -0.05) is 11.6 Å². The highest BCUT2D eigenvalue weighted by molar-refractivity contribution is 6.33. The Morgan fingerprint density at radius 2 is 1.75 bits per heavy atom. The molecule has 0 unspecified atom stereocenters. The van der Waals surface area contributed by atoms with Gasteiger partial charge < -0.3 is 29.6 Å². The van der Waals surface area contributed by atoms with Crippen molar-refractivity contribution in [3.63, 3.8) is 0 Å². The molecular formula is C26H24ClN3O6. The van der Waals surface area contributed by atoms with E-state index < -0.39 is 6.61 Å². The number of amides is 1. The van der Waals surface area contributed by atoms with E-state index in [4.69, 9.17) is 30.9 Å². The van der Waals surface area contributed by atoms with E-state index in [1.54, 1.807) is 54.6 Å². The molecule has 4 rings (SSSR count). The molecule has 0 bridgehead atoms. The van der Waals surface area contributed by atoms with Crippen LogP contribution in [-0.4, -0.2) is 54.2 Å². The van der Waals surface area contributed by atoms with Crippen LogP contribution in [0.15, 0.2) is 54.6 Å². The monoisotopic (exact) mass is 509 g/mol. The van der Waals surface area contributed by atoms with Crippen molar-refractivity contribution < 1.29 is 28.9 Å². The summed E-state index contributed by atoms with van der Waals surface area (Å²) in [5.74, 6) is 1.45. The van der Waals surface area contributed by atoms with Gasteiger partial charge in [-0.2, -0.15) is 0 Å². The molecule has 0 saturated carbocycles. The molecule has 0 saturated heterocycles. The normalized spacial score (nSPS) is 10.8. The van der Waals surface area contributed by atoms with Crippen LogP contribution < -0.4 is 19.5 Å². The number of ether oxygens (including phenoxy) is 3. The summed E-state index contributed by atoms with van der Waals surface area (Å²) in [4.78, 5) is 31.9. The van der Waals surface area contributed by atoms with Crippen molar-refractivity contribution in [3.05, 3.63) is 65.2 Å². The second kappa shape index (κ2) is 11.1. The largest absolute Gasteiger partial charge is 0.497 e. The average molecular weight is 510 g/mol. The Bertz CT molecular complexity index is 1400. The summed E-state index contributed by atoms with van der Waals surface area (Å²) in [5.41, 5.74) is 2.91. The van der Waals surface area contributed by atoms with Crippen molar-refractivity contribution in [2.75, 3.05) is 32.8 Å². The minimum absolute atomic E-state index is 0.124. The van der Waals surface area contributed by atoms with E-state index in [2.05, 4.69) is 15.3 Å². The van der Waals surface area contributed by atoms with Crippen LogP contribution in [-0.2, 0) is 4.79 Å². The van der Waals surface area contributed by atoms with E-state index in [0.717, 1.165) is 0 Å². The Kier molecular flexibility index (Phi) is 7.72. The molecule has 4 aromatic rings. The zero-order valence-electron chi connectivity index (χ0n) is 19.6. The molecule has 36 heavy (non-hydrogen) atoms. The van der Waals surface area contributed by atoms with Gasteiger partial charge in [0.2, 0.25) is 0 Å². The Balaban J connectivity index is 1.55. The van der Waals surface area contributed by atoms with Crippen molar-refractivity contribution >= 4 is 40.0 Å². The number of nitrogens with one attached hydrogen (secondary N) is 2. The van der Waals surface area contributed by atoms with Crippen LogP contribution in [0.2, 0.25) is 5.02 Å². The molecule has 0 spiro atoms. The minimum Gasteiger partial charge on any atom is -0.497 e. The number of benzene rings is 3. The molecule has 0 aliphatic carbocycles. The molecular weight excluding hydrogens is 486 g/mol. The van der Waals surface area contributed by atoms with Crippen molar-refractivity contribution in [1.29, 1.82) is 0 Å². The molecule has 0 aliphatic heterocycles. The lowest BCUT2D eigenvalue weighted by Crippen LogP contribution is -2.12. The van der Waals surface area contributed by atoms with Gasteiger partial charge in [0.25, 0.3) is 5.91 Å². The van der Waals surface area contributed by atoms with Crippen LogP contribution in [0.3, 0.4) is 0 Å². The van der Waals surface area contributed by atoms with Crippen molar-refractivity contribution in [2.45, 2.75) is 6.42 Å². The number of ketones is 1. The topological polar surface area (TPSA) is 123 Å². The molecule has 1 amide bonds. The van der Waals surface area contributed by atoms with E-state index >= 15 is 0 Å². The van der Waals surface area contributed by atoms with E-state index in [1.807, 2.05) is 0 Å². The Morgan fingerprint density at radius 1 is 1.00 bits per heavy atom. The first-order chi connectivity index (χ1) is 17.4. The van der Waals surface area contributed by atoms with E-state index in [-0.39, 0.29) is 24.7 Å². The molecule has 1 heterocycles. The maximum atomic E-state index is 12.9. The number of anilines is 1. The van der Waals surface area contributed by atoms with Gasteiger partial charge in [0, 0.05) is 35.4 Å². The number of Topliss-reactive ketones (excluding diaryl/α,β-unsaturated/α-hetero) is 1. The summed E-state index contributed by atoms with van der Waals surface area (Å²) in [6.45, 7) is -0.334. The molecule has 0 radical (unpaired) electrons. The number of H-pyrrole nitrogens is 1. The number of aromatic amines is 1. The first-order valence-corrected chi connectivity index (χ1v) is 11.4. The zero-order valence-corrected chi connectivity index (χ0v) is 20.4. The van der Waals surface area contributed by atoms with Gasteiger partial charge in [-0.05, 0) is 42.5 Å². The third-order valence-electron chi connectivity index (χ3n) is 5.37. The molecule has 3 aromatic carbocycles. The van der Waals surface area contributed by atoms with E-state index in [0.29, 0.717) is 55.9 Å². The molecule has 1 aromatic heterocycles. The van der Waals surface area contributed by atoms with Crippen LogP contribution in [0.25, 0.3) is 22.4 Å². The number of carbonyl (C=O) groups excluding carboxylic acids is 2. The lowest BCUT2D eigenvalue weighted by atomic mass is 10.1. The quantitative estimate of drug-likeness (QED) is 0.288. The summed E-state index contributed by atoms with van der Waals surface area (Å²) >= 11 is 6.45. The number of methoxy groups -OCH3 is 2. The Morgan fingerprint density at radius 3 is 2.44 bits per heavy atom. The standard InChI is InChI=1S/C26H24ClN3O6/c1-34-19-9-15(10-20(12-19)35-2)26(33)28-16-3-5-22(27)21(11-16)25-29-23-6-4-18(13-24(23)30-25)36-8-7-17(32)14-31/h3-6,9-13,31H,7-8,14H2,1-2H3,(H,28,33)(H,29,30). The number of aromatic nitrogens is 2. The van der Waals surface area contributed by atoms with Crippen LogP contribution in [0.5, 0.6) is 17.2 Å². The van der Waals surface area contributed by atoms with Crippen molar-refractivity contribution in [3.8, 4) is 28.6 Å². The first kappa shape index (κ1) is 25.0. The molecule has 186 valence electrons. The number of fused-ring (bicyclic) bond motifs is 1. The number of nitrogens with zero attached hydrogens (tertiary/aromatic N) is 1. The Labute approximate surface area is 212 Å². The lowest BCUT2D eigenvalue weighted by molar-refractivity contribution is -0.122. The molecule has 0 fully saturated rings. The molecule has 9 nitrogen and oxygen atoms in total. The van der Waals surface area contributed by atoms with Gasteiger partial charge >= 0.3 is 0 Å². The number of hydrogen-bond donors (Lipinski definition) is 3. The number of aliphatic hydroxyl groups is 1.